The molecule has 1 aromatic carbocycles. The number of aromatic nitrogens is 3. The van der Waals surface area contributed by atoms with Gasteiger partial charge in [0.15, 0.2) is 5.82 Å². The predicted molar refractivity (Wildman–Crippen MR) is 230 cm³/mol. The van der Waals surface area contributed by atoms with Crippen LogP contribution >= 0.6 is 0 Å². The lowest BCUT2D eigenvalue weighted by molar-refractivity contribution is -0.134. The summed E-state index contributed by atoms with van der Waals surface area (Å²) >= 11 is 0. The largest absolute Gasteiger partial charge is 0.495 e. The smallest absolute Gasteiger partial charge is 0.251 e. The molecule has 2 atom stereocenters. The first kappa shape index (κ1) is 41.4. The van der Waals surface area contributed by atoms with Gasteiger partial charge < -0.3 is 40.3 Å². The van der Waals surface area contributed by atoms with Crippen LogP contribution < -0.4 is 35.8 Å². The summed E-state index contributed by atoms with van der Waals surface area (Å²) < 4.78 is 5.74. The molecule has 0 bridgehead atoms. The minimum atomic E-state index is -0.371. The molecular weight excluding hydrogens is 763 g/mol. The van der Waals surface area contributed by atoms with E-state index in [2.05, 4.69) is 52.9 Å². The number of likely N-dealkylation sites (tertiary alicyclic amines) is 2. The number of rotatable bonds is 13. The summed E-state index contributed by atoms with van der Waals surface area (Å²) in [7, 11) is 3.39. The second kappa shape index (κ2) is 18.5. The zero-order chi connectivity index (χ0) is 41.8. The van der Waals surface area contributed by atoms with E-state index in [9.17, 15) is 19.2 Å². The number of hydrogen-bond donors (Lipinski definition) is 4. The Bertz CT molecular complexity index is 2030. The van der Waals surface area contributed by atoms with Crippen molar-refractivity contribution in [2.75, 3.05) is 73.9 Å². The van der Waals surface area contributed by atoms with E-state index in [0.29, 0.717) is 59.6 Å². The maximum Gasteiger partial charge on any atom is 0.251 e. The zero-order valence-corrected chi connectivity index (χ0v) is 35.1. The SMILES string of the molecule is CC[C@@H]1C(=O)N(C)c2cnc(Nc3ccc(C(=O)NC4CCN(C5CCN(CCNc6ccc(C7CCC(=O)NC7=O)nc6)CC5)CC4)cc3OC)nc2N1C1CCCC1. The summed E-state index contributed by atoms with van der Waals surface area (Å²) in [6.45, 7) is 7.84. The quantitative estimate of drug-likeness (QED) is 0.179. The molecule has 0 spiro atoms. The van der Waals surface area contributed by atoms with Gasteiger partial charge in [0, 0.05) is 63.3 Å². The number of benzene rings is 1. The summed E-state index contributed by atoms with van der Waals surface area (Å²) in [4.78, 5) is 73.5. The van der Waals surface area contributed by atoms with Crippen molar-refractivity contribution in [1.29, 1.82) is 0 Å². The lowest BCUT2D eigenvalue weighted by Crippen LogP contribution is -2.55. The molecule has 0 radical (unpaired) electrons. The summed E-state index contributed by atoms with van der Waals surface area (Å²) in [5.41, 5.74) is 3.52. The number of nitrogens with one attached hydrogen (secondary N) is 4. The van der Waals surface area contributed by atoms with Crippen molar-refractivity contribution in [3.63, 3.8) is 0 Å². The van der Waals surface area contributed by atoms with E-state index in [1.165, 1.54) is 0 Å². The van der Waals surface area contributed by atoms with E-state index >= 15 is 0 Å². The van der Waals surface area contributed by atoms with Gasteiger partial charge in [0.05, 0.1) is 42.5 Å². The Kier molecular flexibility index (Phi) is 12.8. The lowest BCUT2D eigenvalue weighted by atomic mass is 9.94. The number of hydrogen-bond acceptors (Lipinski definition) is 13. The number of piperidine rings is 3. The van der Waals surface area contributed by atoms with Gasteiger partial charge in [-0.15, -0.1) is 0 Å². The van der Waals surface area contributed by atoms with Crippen LogP contribution in [0.25, 0.3) is 0 Å². The molecule has 5 aliphatic rings. The first-order valence-corrected chi connectivity index (χ1v) is 21.9. The highest BCUT2D eigenvalue weighted by Gasteiger charge is 2.41. The number of imide groups is 1. The van der Waals surface area contributed by atoms with Gasteiger partial charge >= 0.3 is 0 Å². The van der Waals surface area contributed by atoms with Crippen LogP contribution in [-0.4, -0.2) is 126 Å². The van der Waals surface area contributed by atoms with Crippen LogP contribution in [0.2, 0.25) is 0 Å². The van der Waals surface area contributed by atoms with Crippen LogP contribution in [0.4, 0.5) is 28.8 Å². The maximum atomic E-state index is 13.5. The predicted octanol–water partition coefficient (Wildman–Crippen LogP) is 4.42. The third-order valence-corrected chi connectivity index (χ3v) is 13.2. The van der Waals surface area contributed by atoms with Crippen LogP contribution in [-0.2, 0) is 14.4 Å². The fourth-order valence-corrected chi connectivity index (χ4v) is 9.74. The van der Waals surface area contributed by atoms with Gasteiger partial charge in [-0.2, -0.15) is 4.98 Å². The number of fused-ring (bicyclic) bond motifs is 1. The van der Waals surface area contributed by atoms with Crippen LogP contribution in [0.15, 0.2) is 42.7 Å². The number of pyridine rings is 1. The Hall–Kier alpha value is -5.35. The van der Waals surface area contributed by atoms with Crippen molar-refractivity contribution in [2.24, 2.45) is 0 Å². The van der Waals surface area contributed by atoms with Crippen molar-refractivity contribution < 1.29 is 23.9 Å². The second-order valence-corrected chi connectivity index (χ2v) is 16.9. The van der Waals surface area contributed by atoms with Crippen LogP contribution in [0, 0.1) is 0 Å². The van der Waals surface area contributed by atoms with E-state index in [-0.39, 0.29) is 47.7 Å². The summed E-state index contributed by atoms with van der Waals surface area (Å²) in [6.07, 6.45) is 13.5. The fraction of sp³-hybridized carbons (Fsp3) is 0.568. The highest BCUT2D eigenvalue weighted by Crippen LogP contribution is 2.40. The highest BCUT2D eigenvalue weighted by atomic mass is 16.5. The van der Waals surface area contributed by atoms with Crippen molar-refractivity contribution in [3.8, 4) is 5.75 Å². The van der Waals surface area contributed by atoms with Gasteiger partial charge in [-0.1, -0.05) is 19.8 Å². The first-order valence-electron chi connectivity index (χ1n) is 21.9. The number of carbonyl (C=O) groups excluding carboxylic acids is 4. The molecule has 3 saturated heterocycles. The normalized spacial score (nSPS) is 22.4. The molecule has 60 heavy (non-hydrogen) atoms. The summed E-state index contributed by atoms with van der Waals surface area (Å²) in [6, 6.07) is 9.92. The molecule has 4 N–H and O–H groups in total. The number of anilines is 5. The molecule has 4 amide bonds. The van der Waals surface area contributed by atoms with E-state index in [1.807, 2.05) is 18.2 Å². The maximum absolute atomic E-state index is 13.5. The van der Waals surface area contributed by atoms with Crippen LogP contribution in [0.3, 0.4) is 0 Å². The Morgan fingerprint density at radius 2 is 1.70 bits per heavy atom. The molecule has 8 rings (SSSR count). The van der Waals surface area contributed by atoms with Crippen molar-refractivity contribution >= 4 is 52.5 Å². The number of likely N-dealkylation sites (N-methyl/N-ethyl adjacent to an activating group) is 1. The van der Waals surface area contributed by atoms with Gasteiger partial charge in [0.2, 0.25) is 23.7 Å². The monoisotopic (exact) mass is 821 g/mol. The lowest BCUT2D eigenvalue weighted by Gasteiger charge is -2.43. The van der Waals surface area contributed by atoms with E-state index in [4.69, 9.17) is 9.72 Å². The van der Waals surface area contributed by atoms with E-state index in [1.54, 1.807) is 43.6 Å². The van der Waals surface area contributed by atoms with Crippen molar-refractivity contribution in [1.82, 2.24) is 35.4 Å². The van der Waals surface area contributed by atoms with Crippen LogP contribution in [0.1, 0.15) is 99.5 Å². The summed E-state index contributed by atoms with van der Waals surface area (Å²) in [5, 5.41) is 12.5. The second-order valence-electron chi connectivity index (χ2n) is 16.9. The Balaban J connectivity index is 0.781. The number of ether oxygens (including phenoxy) is 1. The third kappa shape index (κ3) is 9.04. The van der Waals surface area contributed by atoms with Crippen LogP contribution in [0.5, 0.6) is 5.75 Å². The molecule has 6 heterocycles. The molecule has 2 aromatic heterocycles. The minimum absolute atomic E-state index is 0.0782. The van der Waals surface area contributed by atoms with Crippen molar-refractivity contribution in [3.05, 3.63) is 54.0 Å². The van der Waals surface area contributed by atoms with Gasteiger partial charge in [0.1, 0.15) is 17.5 Å². The minimum Gasteiger partial charge on any atom is -0.495 e. The number of methoxy groups -OCH3 is 1. The average Bonchev–Trinajstić information content (AvgIpc) is 3.81. The molecule has 320 valence electrons. The molecule has 4 aliphatic heterocycles. The number of amides is 4. The standard InChI is InChI=1S/C44H59N11O5/c1-4-36-43(59)52(2)37-27-47-44(51-40(37)55(36)32-7-5-6-8-32)49-35-12-9-28(25-38(35)60-3)41(57)48-29-15-22-54(23-16-29)31-17-20-53(21-18-31)24-19-45-30-10-13-34(46-26-30)33-11-14-39(56)50-42(33)58/h9-10,12-13,25-27,29,31-33,36,45H,4-8,11,14-24H2,1-3H3,(H,48,57)(H,47,49,51)(H,50,56,58)/t33?,36-/m1/s1. The Morgan fingerprint density at radius 3 is 2.40 bits per heavy atom. The molecule has 4 fully saturated rings. The van der Waals surface area contributed by atoms with E-state index in [0.717, 1.165) is 102 Å². The molecule has 1 unspecified atom stereocenters. The topological polar surface area (TPSA) is 177 Å². The Morgan fingerprint density at radius 1 is 0.917 bits per heavy atom. The Labute approximate surface area is 352 Å². The van der Waals surface area contributed by atoms with Crippen molar-refractivity contribution in [2.45, 2.75) is 108 Å². The zero-order valence-electron chi connectivity index (χ0n) is 35.1. The molecular formula is C44H59N11O5. The van der Waals surface area contributed by atoms with Gasteiger partial charge in [0.25, 0.3) is 5.91 Å². The average molecular weight is 822 g/mol. The molecule has 16 nitrogen and oxygen atoms in total. The molecule has 1 saturated carbocycles. The third-order valence-electron chi connectivity index (χ3n) is 13.2. The first-order chi connectivity index (χ1) is 29.2. The molecule has 16 heteroatoms. The highest BCUT2D eigenvalue weighted by molar-refractivity contribution is 6.04. The van der Waals surface area contributed by atoms with E-state index < -0.39 is 0 Å². The van der Waals surface area contributed by atoms with Gasteiger partial charge in [-0.25, -0.2) is 4.98 Å². The molecule has 3 aromatic rings. The fourth-order valence-electron chi connectivity index (χ4n) is 9.74. The summed E-state index contributed by atoms with van der Waals surface area (Å²) in [5.74, 6) is 0.809. The number of nitrogens with zero attached hydrogens (tertiary/aromatic N) is 7. The molecule has 1 aliphatic carbocycles. The van der Waals surface area contributed by atoms with Gasteiger partial charge in [-0.3, -0.25) is 29.5 Å². The number of carbonyl (C=O) groups is 4. The van der Waals surface area contributed by atoms with Gasteiger partial charge in [-0.05, 0) is 94.8 Å².